The fourth-order valence-corrected chi connectivity index (χ4v) is 6.24. The fourth-order valence-electron chi connectivity index (χ4n) is 4.32. The summed E-state index contributed by atoms with van der Waals surface area (Å²) in [5, 5.41) is 4.74. The zero-order chi connectivity index (χ0) is 21.9. The number of thiophene rings is 1. The van der Waals surface area contributed by atoms with Crippen molar-refractivity contribution in [3.63, 3.8) is 0 Å². The van der Waals surface area contributed by atoms with E-state index in [9.17, 15) is 9.59 Å². The summed E-state index contributed by atoms with van der Waals surface area (Å²) in [7, 11) is 0. The van der Waals surface area contributed by atoms with E-state index in [1.54, 1.807) is 4.57 Å². The largest absolute Gasteiger partial charge is 0.353 e. The Morgan fingerprint density at radius 2 is 1.84 bits per heavy atom. The lowest BCUT2D eigenvalue weighted by Crippen LogP contribution is -2.34. The lowest BCUT2D eigenvalue weighted by molar-refractivity contribution is -0.119. The Balaban J connectivity index is 1.46. The topological polar surface area (TPSA) is 64.0 Å². The highest BCUT2D eigenvalue weighted by molar-refractivity contribution is 7.99. The summed E-state index contributed by atoms with van der Waals surface area (Å²) in [4.78, 5) is 30.9. The first-order valence-electron chi connectivity index (χ1n) is 11.1. The van der Waals surface area contributed by atoms with Gasteiger partial charge < -0.3 is 5.32 Å². The number of hydrogen-bond donors (Lipinski definition) is 1. The minimum absolute atomic E-state index is 0.0148. The average Bonchev–Trinajstić information content (AvgIpc) is 3.46. The van der Waals surface area contributed by atoms with Gasteiger partial charge in [0.2, 0.25) is 5.91 Å². The lowest BCUT2D eigenvalue weighted by Gasteiger charge is -2.14. The Labute approximate surface area is 194 Å². The van der Waals surface area contributed by atoms with Crippen LogP contribution in [0.25, 0.3) is 20.3 Å². The van der Waals surface area contributed by atoms with E-state index in [4.69, 9.17) is 4.98 Å². The molecule has 164 valence electrons. The van der Waals surface area contributed by atoms with Crippen LogP contribution >= 0.6 is 23.1 Å². The number of benzene rings is 2. The van der Waals surface area contributed by atoms with E-state index in [-0.39, 0.29) is 17.2 Å². The molecular weight excluding hydrogens is 438 g/mol. The molecule has 1 N–H and O–H groups in total. The molecule has 2 heterocycles. The third-order valence-electron chi connectivity index (χ3n) is 5.97. The second kappa shape index (κ2) is 9.46. The maximum absolute atomic E-state index is 13.5. The van der Waals surface area contributed by atoms with Gasteiger partial charge in [-0.1, -0.05) is 73.1 Å². The summed E-state index contributed by atoms with van der Waals surface area (Å²) >= 11 is 2.85. The van der Waals surface area contributed by atoms with E-state index < -0.39 is 0 Å². The van der Waals surface area contributed by atoms with Crippen molar-refractivity contribution in [1.29, 1.82) is 0 Å². The smallest absolute Gasteiger partial charge is 0.272 e. The zero-order valence-corrected chi connectivity index (χ0v) is 19.4. The van der Waals surface area contributed by atoms with Crippen molar-refractivity contribution in [2.24, 2.45) is 0 Å². The minimum atomic E-state index is -0.0224. The Kier molecular flexibility index (Phi) is 6.28. The van der Waals surface area contributed by atoms with Crippen molar-refractivity contribution in [3.05, 3.63) is 70.5 Å². The molecule has 0 radical (unpaired) electrons. The van der Waals surface area contributed by atoms with Crippen LogP contribution in [0.15, 0.2) is 64.5 Å². The van der Waals surface area contributed by atoms with Gasteiger partial charge in [-0.15, -0.1) is 11.3 Å². The van der Waals surface area contributed by atoms with Crippen LogP contribution in [0.5, 0.6) is 0 Å². The number of rotatable bonds is 7. The molecule has 5 rings (SSSR count). The molecule has 0 bridgehead atoms. The average molecular weight is 464 g/mol. The number of fused-ring (bicyclic) bond motifs is 3. The van der Waals surface area contributed by atoms with Crippen LogP contribution in [0.1, 0.15) is 31.2 Å². The zero-order valence-electron chi connectivity index (χ0n) is 17.8. The number of aromatic nitrogens is 2. The van der Waals surface area contributed by atoms with Gasteiger partial charge >= 0.3 is 0 Å². The fraction of sp³-hybridized carbons (Fsp3) is 0.320. The van der Waals surface area contributed by atoms with Crippen LogP contribution in [-0.2, 0) is 17.8 Å². The molecule has 2 aromatic carbocycles. The molecule has 0 atom stereocenters. The number of thioether (sulfide) groups is 1. The van der Waals surface area contributed by atoms with E-state index in [0.717, 1.165) is 34.9 Å². The summed E-state index contributed by atoms with van der Waals surface area (Å²) < 4.78 is 3.49. The van der Waals surface area contributed by atoms with E-state index in [1.165, 1.54) is 41.5 Å². The Bertz CT molecular complexity index is 1310. The van der Waals surface area contributed by atoms with Crippen LogP contribution in [0, 0.1) is 0 Å². The standard InChI is InChI=1S/C25H25N3O2S2/c29-21(26-18-10-4-5-11-18)16-31-25-27-22-19-12-6-7-13-20(19)32-23(22)24(30)28(25)15-14-17-8-2-1-3-9-17/h1-3,6-9,12-13,18H,4-5,10-11,14-16H2,(H,26,29). The number of nitrogens with one attached hydrogen (secondary N) is 1. The van der Waals surface area contributed by atoms with E-state index in [1.807, 2.05) is 42.5 Å². The number of carbonyl (C=O) groups excluding carboxylic acids is 1. The Morgan fingerprint density at radius 3 is 2.66 bits per heavy atom. The molecule has 7 heteroatoms. The molecular formula is C25H25N3O2S2. The van der Waals surface area contributed by atoms with Gasteiger partial charge in [-0.05, 0) is 30.9 Å². The first-order valence-corrected chi connectivity index (χ1v) is 12.9. The maximum atomic E-state index is 13.5. The van der Waals surface area contributed by atoms with Crippen LogP contribution in [0.4, 0.5) is 0 Å². The minimum Gasteiger partial charge on any atom is -0.353 e. The molecule has 0 unspecified atom stereocenters. The summed E-state index contributed by atoms with van der Waals surface area (Å²) in [6, 6.07) is 18.4. The Hall–Kier alpha value is -2.64. The van der Waals surface area contributed by atoms with Crippen molar-refractivity contribution < 1.29 is 4.79 Å². The first-order chi connectivity index (χ1) is 15.7. The molecule has 4 aromatic rings. The second-order valence-corrected chi connectivity index (χ2v) is 10.2. The SMILES string of the molecule is O=C(CSc1nc2c(sc3ccccc32)c(=O)n1CCc1ccccc1)NC1CCCC1. The van der Waals surface area contributed by atoms with Crippen molar-refractivity contribution in [2.75, 3.05) is 5.75 Å². The van der Waals surface area contributed by atoms with Crippen molar-refractivity contribution in [1.82, 2.24) is 14.9 Å². The van der Waals surface area contributed by atoms with Crippen LogP contribution < -0.4 is 10.9 Å². The summed E-state index contributed by atoms with van der Waals surface area (Å²) in [6.45, 7) is 0.534. The predicted molar refractivity (Wildman–Crippen MR) is 133 cm³/mol. The molecule has 1 aliphatic carbocycles. The highest BCUT2D eigenvalue weighted by atomic mass is 32.2. The number of carbonyl (C=O) groups is 1. The summed E-state index contributed by atoms with van der Waals surface area (Å²) in [6.07, 6.45) is 5.22. The number of hydrogen-bond acceptors (Lipinski definition) is 5. The summed E-state index contributed by atoms with van der Waals surface area (Å²) in [5.41, 5.74) is 1.89. The van der Waals surface area contributed by atoms with Crippen molar-refractivity contribution in [3.8, 4) is 0 Å². The van der Waals surface area contributed by atoms with Crippen LogP contribution in [-0.4, -0.2) is 27.3 Å². The van der Waals surface area contributed by atoms with Gasteiger partial charge in [0, 0.05) is 22.7 Å². The molecule has 0 aliphatic heterocycles. The monoisotopic (exact) mass is 463 g/mol. The molecule has 0 saturated heterocycles. The van der Waals surface area contributed by atoms with Gasteiger partial charge in [0.05, 0.1) is 11.3 Å². The molecule has 1 saturated carbocycles. The van der Waals surface area contributed by atoms with Gasteiger partial charge in [0.1, 0.15) is 4.70 Å². The van der Waals surface area contributed by atoms with Gasteiger partial charge in [0.25, 0.3) is 5.56 Å². The normalized spacial score (nSPS) is 14.4. The lowest BCUT2D eigenvalue weighted by atomic mass is 10.1. The first kappa shape index (κ1) is 21.2. The van der Waals surface area contributed by atoms with E-state index in [0.29, 0.717) is 22.4 Å². The van der Waals surface area contributed by atoms with E-state index >= 15 is 0 Å². The molecule has 2 aromatic heterocycles. The maximum Gasteiger partial charge on any atom is 0.272 e. The summed E-state index contributed by atoms with van der Waals surface area (Å²) in [5.74, 6) is 0.281. The molecule has 0 spiro atoms. The molecule has 1 aliphatic rings. The van der Waals surface area contributed by atoms with Crippen LogP contribution in [0.3, 0.4) is 0 Å². The molecule has 32 heavy (non-hydrogen) atoms. The highest BCUT2D eigenvalue weighted by Gasteiger charge is 2.20. The molecule has 5 nitrogen and oxygen atoms in total. The van der Waals surface area contributed by atoms with Gasteiger partial charge in [-0.3, -0.25) is 14.2 Å². The number of nitrogens with zero attached hydrogens (tertiary/aromatic N) is 2. The van der Waals surface area contributed by atoms with E-state index in [2.05, 4.69) is 17.4 Å². The highest BCUT2D eigenvalue weighted by Crippen LogP contribution is 2.32. The third-order valence-corrected chi connectivity index (χ3v) is 8.09. The third kappa shape index (κ3) is 4.45. The van der Waals surface area contributed by atoms with Gasteiger partial charge in [0.15, 0.2) is 5.16 Å². The predicted octanol–water partition coefficient (Wildman–Crippen LogP) is 5.00. The van der Waals surface area contributed by atoms with Crippen LogP contribution in [0.2, 0.25) is 0 Å². The Morgan fingerprint density at radius 1 is 1.09 bits per heavy atom. The van der Waals surface area contributed by atoms with Crippen molar-refractivity contribution in [2.45, 2.75) is 49.8 Å². The number of amides is 1. The molecule has 1 amide bonds. The second-order valence-electron chi connectivity index (χ2n) is 8.20. The van der Waals surface area contributed by atoms with Gasteiger partial charge in [-0.25, -0.2) is 4.98 Å². The molecule has 1 fully saturated rings. The quantitative estimate of drug-likeness (QED) is 0.309. The van der Waals surface area contributed by atoms with Crippen molar-refractivity contribution >= 4 is 49.3 Å². The van der Waals surface area contributed by atoms with Gasteiger partial charge in [-0.2, -0.15) is 0 Å². The number of aryl methyl sites for hydroxylation is 1.